The molecule has 5 unspecified atom stereocenters. The molecule has 1 N–H and O–H groups in total. The van der Waals surface area contributed by atoms with E-state index in [-0.39, 0.29) is 0 Å². The van der Waals surface area contributed by atoms with Crippen molar-refractivity contribution in [3.8, 4) is 0 Å². The highest BCUT2D eigenvalue weighted by atomic mass is 15.3. The molecule has 3 fully saturated rings. The molecule has 2 bridgehead atoms. The Hall–Kier alpha value is -0.990. The van der Waals surface area contributed by atoms with Crippen LogP contribution in [0.25, 0.3) is 0 Å². The molecule has 0 amide bonds. The third-order valence-electron chi connectivity index (χ3n) is 6.57. The Morgan fingerprint density at radius 2 is 1.86 bits per heavy atom. The van der Waals surface area contributed by atoms with E-state index in [1.54, 1.807) is 0 Å². The minimum atomic E-state index is 0.443. The van der Waals surface area contributed by atoms with E-state index in [1.165, 1.54) is 49.2 Å². The number of anilines is 1. The summed E-state index contributed by atoms with van der Waals surface area (Å²) >= 11 is 0. The van der Waals surface area contributed by atoms with Gasteiger partial charge in [-0.15, -0.1) is 0 Å². The standard InChI is InChI=1S/C18H29N3/c1-10(2)21-12(4)18(11(3)20-21)19-17-9-13-8-16(17)15-7-5-6-14(13)15/h10,13-17,19H,5-9H2,1-4H3. The Labute approximate surface area is 128 Å². The van der Waals surface area contributed by atoms with Crippen LogP contribution in [-0.2, 0) is 0 Å². The fraction of sp³-hybridized carbons (Fsp3) is 0.833. The van der Waals surface area contributed by atoms with E-state index < -0.39 is 0 Å². The summed E-state index contributed by atoms with van der Waals surface area (Å²) in [5, 5.41) is 8.65. The van der Waals surface area contributed by atoms with Crippen LogP contribution in [0.1, 0.15) is 63.4 Å². The van der Waals surface area contributed by atoms with E-state index >= 15 is 0 Å². The van der Waals surface area contributed by atoms with Gasteiger partial charge in [-0.25, -0.2) is 0 Å². The van der Waals surface area contributed by atoms with Crippen LogP contribution >= 0.6 is 0 Å². The predicted molar refractivity (Wildman–Crippen MR) is 86.5 cm³/mol. The van der Waals surface area contributed by atoms with Crippen LogP contribution in [0.4, 0.5) is 5.69 Å². The normalized spacial score (nSPS) is 37.5. The number of rotatable bonds is 3. The largest absolute Gasteiger partial charge is 0.379 e. The van der Waals surface area contributed by atoms with Crippen molar-refractivity contribution in [3.63, 3.8) is 0 Å². The summed E-state index contributed by atoms with van der Waals surface area (Å²) in [5.74, 6) is 4.06. The molecule has 1 aromatic heterocycles. The lowest BCUT2D eigenvalue weighted by Gasteiger charge is -2.32. The number of hydrogen-bond donors (Lipinski definition) is 1. The molecule has 0 spiro atoms. The number of aromatic nitrogens is 2. The van der Waals surface area contributed by atoms with E-state index in [9.17, 15) is 0 Å². The maximum Gasteiger partial charge on any atom is 0.0828 e. The SMILES string of the molecule is Cc1nn(C(C)C)c(C)c1NC1CC2CC1C1CCCC21. The zero-order valence-corrected chi connectivity index (χ0v) is 13.9. The third-order valence-corrected chi connectivity index (χ3v) is 6.57. The van der Waals surface area contributed by atoms with Crippen molar-refractivity contribution in [3.05, 3.63) is 11.4 Å². The van der Waals surface area contributed by atoms with E-state index in [0.29, 0.717) is 12.1 Å². The molecule has 116 valence electrons. The summed E-state index contributed by atoms with van der Waals surface area (Å²) in [6.45, 7) is 8.79. The maximum atomic E-state index is 4.73. The van der Waals surface area contributed by atoms with Gasteiger partial charge in [0.1, 0.15) is 0 Å². The third kappa shape index (κ3) is 1.96. The fourth-order valence-electron chi connectivity index (χ4n) is 5.79. The summed E-state index contributed by atoms with van der Waals surface area (Å²) < 4.78 is 2.17. The summed E-state index contributed by atoms with van der Waals surface area (Å²) in [6, 6.07) is 1.15. The second-order valence-electron chi connectivity index (χ2n) is 7.99. The number of nitrogens with zero attached hydrogens (tertiary/aromatic N) is 2. The highest BCUT2D eigenvalue weighted by Gasteiger charge is 2.53. The van der Waals surface area contributed by atoms with Gasteiger partial charge in [0.15, 0.2) is 0 Å². The van der Waals surface area contributed by atoms with Crippen molar-refractivity contribution in [2.45, 2.75) is 71.9 Å². The summed E-state index contributed by atoms with van der Waals surface area (Å²) in [7, 11) is 0. The summed E-state index contributed by atoms with van der Waals surface area (Å²) in [5.41, 5.74) is 3.80. The molecule has 0 aromatic carbocycles. The quantitative estimate of drug-likeness (QED) is 0.897. The van der Waals surface area contributed by atoms with Crippen molar-refractivity contribution >= 4 is 5.69 Å². The summed E-state index contributed by atoms with van der Waals surface area (Å²) in [4.78, 5) is 0. The average Bonchev–Trinajstić information content (AvgIpc) is 3.14. The molecule has 1 aromatic rings. The minimum absolute atomic E-state index is 0.443. The lowest BCUT2D eigenvalue weighted by Crippen LogP contribution is -2.34. The lowest BCUT2D eigenvalue weighted by molar-refractivity contribution is 0.243. The van der Waals surface area contributed by atoms with Crippen molar-refractivity contribution in [1.82, 2.24) is 9.78 Å². The first-order valence-electron chi connectivity index (χ1n) is 8.88. The first-order chi connectivity index (χ1) is 10.1. The zero-order chi connectivity index (χ0) is 14.7. The van der Waals surface area contributed by atoms with Crippen molar-refractivity contribution < 1.29 is 0 Å². The van der Waals surface area contributed by atoms with Crippen LogP contribution in [0, 0.1) is 37.5 Å². The average molecular weight is 287 g/mol. The van der Waals surface area contributed by atoms with Gasteiger partial charge in [-0.1, -0.05) is 6.42 Å². The minimum Gasteiger partial charge on any atom is -0.379 e. The van der Waals surface area contributed by atoms with Crippen LogP contribution in [0.5, 0.6) is 0 Å². The van der Waals surface area contributed by atoms with Gasteiger partial charge < -0.3 is 5.32 Å². The Morgan fingerprint density at radius 3 is 2.57 bits per heavy atom. The number of aryl methyl sites for hydroxylation is 1. The maximum absolute atomic E-state index is 4.73. The predicted octanol–water partition coefficient (Wildman–Crippen LogP) is 4.32. The summed E-state index contributed by atoms with van der Waals surface area (Å²) in [6.07, 6.45) is 7.38. The topological polar surface area (TPSA) is 29.9 Å². The second kappa shape index (κ2) is 4.76. The van der Waals surface area contributed by atoms with Gasteiger partial charge in [-0.2, -0.15) is 5.10 Å². The molecule has 5 atom stereocenters. The number of fused-ring (bicyclic) bond motifs is 5. The van der Waals surface area contributed by atoms with Crippen LogP contribution in [-0.4, -0.2) is 15.8 Å². The second-order valence-corrected chi connectivity index (χ2v) is 7.99. The molecule has 0 saturated heterocycles. The first kappa shape index (κ1) is 13.7. The lowest BCUT2D eigenvalue weighted by atomic mass is 9.79. The molecular weight excluding hydrogens is 258 g/mol. The van der Waals surface area contributed by atoms with Gasteiger partial charge >= 0.3 is 0 Å². The fourth-order valence-corrected chi connectivity index (χ4v) is 5.79. The van der Waals surface area contributed by atoms with E-state index in [2.05, 4.69) is 37.7 Å². The number of hydrogen-bond acceptors (Lipinski definition) is 2. The molecule has 3 heteroatoms. The molecule has 1 heterocycles. The van der Waals surface area contributed by atoms with Gasteiger partial charge in [-0.05, 0) is 77.0 Å². The van der Waals surface area contributed by atoms with Gasteiger partial charge in [-0.3, -0.25) is 4.68 Å². The van der Waals surface area contributed by atoms with Crippen LogP contribution in [0.15, 0.2) is 0 Å². The molecule has 3 saturated carbocycles. The van der Waals surface area contributed by atoms with E-state index in [4.69, 9.17) is 5.10 Å². The Kier molecular flexibility index (Phi) is 3.09. The molecule has 3 aliphatic rings. The Morgan fingerprint density at radius 1 is 1.10 bits per heavy atom. The molecule has 0 aliphatic heterocycles. The highest BCUT2D eigenvalue weighted by molar-refractivity contribution is 5.53. The van der Waals surface area contributed by atoms with E-state index in [0.717, 1.165) is 23.7 Å². The van der Waals surface area contributed by atoms with Crippen LogP contribution in [0.2, 0.25) is 0 Å². The van der Waals surface area contributed by atoms with Crippen molar-refractivity contribution in [2.75, 3.05) is 5.32 Å². The number of nitrogens with one attached hydrogen (secondary N) is 1. The molecular formula is C18H29N3. The highest BCUT2D eigenvalue weighted by Crippen LogP contribution is 2.59. The first-order valence-corrected chi connectivity index (χ1v) is 8.88. The zero-order valence-electron chi connectivity index (χ0n) is 13.9. The van der Waals surface area contributed by atoms with Gasteiger partial charge in [0.2, 0.25) is 0 Å². The smallest absolute Gasteiger partial charge is 0.0828 e. The van der Waals surface area contributed by atoms with Crippen LogP contribution < -0.4 is 5.32 Å². The molecule has 4 rings (SSSR count). The van der Waals surface area contributed by atoms with Crippen LogP contribution in [0.3, 0.4) is 0 Å². The van der Waals surface area contributed by atoms with Crippen molar-refractivity contribution in [1.29, 1.82) is 0 Å². The molecule has 0 radical (unpaired) electrons. The monoisotopic (exact) mass is 287 g/mol. The molecule has 3 nitrogen and oxygen atoms in total. The van der Waals surface area contributed by atoms with Gasteiger partial charge in [0, 0.05) is 12.1 Å². The molecule has 3 aliphatic carbocycles. The van der Waals surface area contributed by atoms with Gasteiger partial charge in [0.25, 0.3) is 0 Å². The van der Waals surface area contributed by atoms with Gasteiger partial charge in [0.05, 0.1) is 17.1 Å². The molecule has 21 heavy (non-hydrogen) atoms. The Bertz CT molecular complexity index is 545. The van der Waals surface area contributed by atoms with E-state index in [1.807, 2.05) is 0 Å². The van der Waals surface area contributed by atoms with Crippen molar-refractivity contribution in [2.24, 2.45) is 23.7 Å². The Balaban J connectivity index is 1.55.